The number of carbonyl (C=O) groups is 1. The molecule has 1 aromatic heterocycles. The van der Waals surface area contributed by atoms with Crippen molar-refractivity contribution in [2.24, 2.45) is 5.73 Å². The molecule has 8 heteroatoms. The van der Waals surface area contributed by atoms with Gasteiger partial charge in [-0.15, -0.1) is 0 Å². The van der Waals surface area contributed by atoms with Gasteiger partial charge in [-0.25, -0.2) is 4.79 Å². The van der Waals surface area contributed by atoms with Crippen molar-refractivity contribution in [2.75, 3.05) is 6.61 Å². The van der Waals surface area contributed by atoms with Crippen molar-refractivity contribution in [3.05, 3.63) is 69.6 Å². The van der Waals surface area contributed by atoms with Crippen molar-refractivity contribution in [3.8, 4) is 11.8 Å². The van der Waals surface area contributed by atoms with Crippen LogP contribution in [0.2, 0.25) is 0 Å². The van der Waals surface area contributed by atoms with Crippen molar-refractivity contribution in [2.45, 2.75) is 40.2 Å². The topological polar surface area (TPSA) is 121 Å². The molecule has 3 rings (SSSR count). The first kappa shape index (κ1) is 21.0. The summed E-state index contributed by atoms with van der Waals surface area (Å²) in [7, 11) is 0. The number of aromatic nitrogens is 1. The van der Waals surface area contributed by atoms with Gasteiger partial charge >= 0.3 is 5.97 Å². The van der Waals surface area contributed by atoms with Gasteiger partial charge in [-0.3, -0.25) is 0 Å². The Hall–Kier alpha value is -3.73. The summed E-state index contributed by atoms with van der Waals surface area (Å²) in [6.07, 6.45) is 0. The van der Waals surface area contributed by atoms with Crippen LogP contribution in [0.1, 0.15) is 42.3 Å². The maximum Gasteiger partial charge on any atom is 0.338 e. The molecule has 1 aliphatic heterocycles. The number of nitrogens with zero attached hydrogens (tertiary/aromatic N) is 2. The molecule has 0 aliphatic carbocycles. The number of hydrogen-bond donors (Lipinski definition) is 1. The second-order valence-electron chi connectivity index (χ2n) is 6.78. The van der Waals surface area contributed by atoms with Crippen molar-refractivity contribution in [1.29, 1.82) is 5.26 Å². The van der Waals surface area contributed by atoms with Crippen LogP contribution in [0.3, 0.4) is 0 Å². The molecule has 0 saturated carbocycles. The second kappa shape index (κ2) is 8.74. The SMILES string of the molecule is CCOC(=O)C1=C(C)OC(N)=C(C#N)C1c1cccc(OCc2c(C)noc2C)c1. The van der Waals surface area contributed by atoms with Gasteiger partial charge in [0, 0.05) is 0 Å². The summed E-state index contributed by atoms with van der Waals surface area (Å²) in [5.74, 6) is 0.259. The molecule has 8 nitrogen and oxygen atoms in total. The highest BCUT2D eigenvalue weighted by molar-refractivity contribution is 5.92. The zero-order valence-electron chi connectivity index (χ0n) is 17.3. The number of carbonyl (C=O) groups excluding carboxylic acids is 1. The highest BCUT2D eigenvalue weighted by Crippen LogP contribution is 2.40. The number of aryl methyl sites for hydroxylation is 2. The van der Waals surface area contributed by atoms with Crippen molar-refractivity contribution in [3.63, 3.8) is 0 Å². The monoisotopic (exact) mass is 409 g/mol. The molecule has 0 spiro atoms. The summed E-state index contributed by atoms with van der Waals surface area (Å²) in [6, 6.07) is 9.22. The lowest BCUT2D eigenvalue weighted by molar-refractivity contribution is -0.139. The van der Waals surface area contributed by atoms with Crippen molar-refractivity contribution < 1.29 is 23.5 Å². The normalized spacial score (nSPS) is 16.2. The average molecular weight is 409 g/mol. The molecule has 30 heavy (non-hydrogen) atoms. The zero-order chi connectivity index (χ0) is 21.8. The quantitative estimate of drug-likeness (QED) is 0.720. The predicted octanol–water partition coefficient (Wildman–Crippen LogP) is 3.52. The van der Waals surface area contributed by atoms with Crippen LogP contribution in [0.4, 0.5) is 0 Å². The summed E-state index contributed by atoms with van der Waals surface area (Å²) in [4.78, 5) is 12.6. The van der Waals surface area contributed by atoms with Gasteiger partial charge in [-0.2, -0.15) is 5.26 Å². The van der Waals surface area contributed by atoms with Gasteiger partial charge in [0.2, 0.25) is 5.88 Å². The Labute approximate surface area is 174 Å². The summed E-state index contributed by atoms with van der Waals surface area (Å²) in [5.41, 5.74) is 8.62. The number of esters is 1. The van der Waals surface area contributed by atoms with Crippen LogP contribution in [0, 0.1) is 25.2 Å². The first-order chi connectivity index (χ1) is 14.4. The molecule has 156 valence electrons. The maximum absolute atomic E-state index is 12.6. The molecule has 0 bridgehead atoms. The first-order valence-corrected chi connectivity index (χ1v) is 9.47. The Bertz CT molecular complexity index is 1060. The summed E-state index contributed by atoms with van der Waals surface area (Å²) in [6.45, 7) is 7.48. The van der Waals surface area contributed by atoms with E-state index in [0.29, 0.717) is 22.8 Å². The van der Waals surface area contributed by atoms with E-state index in [1.165, 1.54) is 0 Å². The van der Waals surface area contributed by atoms with Crippen LogP contribution >= 0.6 is 0 Å². The number of rotatable bonds is 6. The Morgan fingerprint density at radius 1 is 1.33 bits per heavy atom. The molecule has 0 saturated heterocycles. The number of ether oxygens (including phenoxy) is 3. The fourth-order valence-corrected chi connectivity index (χ4v) is 3.34. The molecule has 0 amide bonds. The van der Waals surface area contributed by atoms with E-state index in [-0.39, 0.29) is 30.2 Å². The number of allylic oxidation sites excluding steroid dienone is 2. The molecule has 0 radical (unpaired) electrons. The Morgan fingerprint density at radius 2 is 2.10 bits per heavy atom. The third-order valence-corrected chi connectivity index (χ3v) is 4.86. The molecule has 2 aromatic rings. The largest absolute Gasteiger partial charge is 0.489 e. The van der Waals surface area contributed by atoms with Gasteiger partial charge in [-0.1, -0.05) is 17.3 Å². The van der Waals surface area contributed by atoms with Crippen LogP contribution in [0.5, 0.6) is 5.75 Å². The van der Waals surface area contributed by atoms with E-state index in [0.717, 1.165) is 11.3 Å². The predicted molar refractivity (Wildman–Crippen MR) is 107 cm³/mol. The lowest BCUT2D eigenvalue weighted by Gasteiger charge is -2.27. The van der Waals surface area contributed by atoms with Crippen LogP contribution in [-0.2, 0) is 20.9 Å². The second-order valence-corrected chi connectivity index (χ2v) is 6.78. The van der Waals surface area contributed by atoms with Crippen molar-refractivity contribution >= 4 is 5.97 Å². The minimum Gasteiger partial charge on any atom is -0.489 e. The first-order valence-electron chi connectivity index (χ1n) is 9.47. The molecule has 1 atom stereocenters. The van der Waals surface area contributed by atoms with Gasteiger partial charge in [0.1, 0.15) is 35.5 Å². The third-order valence-electron chi connectivity index (χ3n) is 4.86. The van der Waals surface area contributed by atoms with Crippen LogP contribution in [0.25, 0.3) is 0 Å². The minimum atomic E-state index is -0.717. The van der Waals surface area contributed by atoms with E-state index in [1.807, 2.05) is 13.8 Å². The van der Waals surface area contributed by atoms with E-state index >= 15 is 0 Å². The Kier molecular flexibility index (Phi) is 6.11. The average Bonchev–Trinajstić information content (AvgIpc) is 3.03. The van der Waals surface area contributed by atoms with E-state index in [4.69, 9.17) is 24.5 Å². The Morgan fingerprint density at radius 3 is 2.73 bits per heavy atom. The van der Waals surface area contributed by atoms with Gasteiger partial charge in [0.15, 0.2) is 0 Å². The van der Waals surface area contributed by atoms with Gasteiger partial charge in [-0.05, 0) is 45.4 Å². The van der Waals surface area contributed by atoms with Crippen molar-refractivity contribution in [1.82, 2.24) is 5.16 Å². The number of nitriles is 1. The molecule has 1 unspecified atom stereocenters. The van der Waals surface area contributed by atoms with E-state index in [2.05, 4.69) is 11.2 Å². The molecule has 1 aliphatic rings. The van der Waals surface area contributed by atoms with E-state index in [1.54, 1.807) is 38.1 Å². The maximum atomic E-state index is 12.6. The van der Waals surface area contributed by atoms with Crippen LogP contribution < -0.4 is 10.5 Å². The molecular formula is C22H23N3O5. The number of nitrogens with two attached hydrogens (primary N) is 1. The smallest absolute Gasteiger partial charge is 0.338 e. The lowest BCUT2D eigenvalue weighted by atomic mass is 9.83. The summed E-state index contributed by atoms with van der Waals surface area (Å²) >= 11 is 0. The van der Waals surface area contributed by atoms with Gasteiger partial charge in [0.05, 0.1) is 29.4 Å². The highest BCUT2D eigenvalue weighted by atomic mass is 16.5. The highest BCUT2D eigenvalue weighted by Gasteiger charge is 2.36. The molecule has 2 heterocycles. The molecule has 0 fully saturated rings. The van der Waals surface area contributed by atoms with Gasteiger partial charge < -0.3 is 24.5 Å². The van der Waals surface area contributed by atoms with Crippen LogP contribution in [0.15, 0.2) is 51.6 Å². The molecule has 2 N–H and O–H groups in total. The standard InChI is InChI=1S/C22H23N3O5/c1-5-27-22(26)19-14(4)29-21(24)17(10-23)20(19)15-7-6-8-16(9-15)28-11-18-12(2)25-30-13(18)3/h6-9,20H,5,11,24H2,1-4H3. The van der Waals surface area contributed by atoms with Gasteiger partial charge in [0.25, 0.3) is 0 Å². The third kappa shape index (κ3) is 4.01. The fourth-order valence-electron chi connectivity index (χ4n) is 3.34. The molecular weight excluding hydrogens is 386 g/mol. The summed E-state index contributed by atoms with van der Waals surface area (Å²) in [5, 5.41) is 13.6. The van der Waals surface area contributed by atoms with E-state index < -0.39 is 11.9 Å². The summed E-state index contributed by atoms with van der Waals surface area (Å²) < 4.78 is 21.7. The fraction of sp³-hybridized carbons (Fsp3) is 0.318. The molecule has 1 aromatic carbocycles. The van der Waals surface area contributed by atoms with E-state index in [9.17, 15) is 10.1 Å². The Balaban J connectivity index is 1.97. The lowest BCUT2D eigenvalue weighted by Crippen LogP contribution is -2.25. The minimum absolute atomic E-state index is 0.0323. The van der Waals surface area contributed by atoms with Crippen LogP contribution in [-0.4, -0.2) is 17.7 Å². The number of benzene rings is 1. The number of hydrogen-bond acceptors (Lipinski definition) is 8. The zero-order valence-corrected chi connectivity index (χ0v) is 17.3.